The molecule has 0 saturated carbocycles. The molecule has 0 radical (unpaired) electrons. The maximum Gasteiger partial charge on any atom is 0.227 e. The second-order valence-electron chi connectivity index (χ2n) is 11.4. The average molecular weight is 489 g/mol. The Labute approximate surface area is 209 Å². The number of nitriles is 1. The van der Waals surface area contributed by atoms with Crippen molar-refractivity contribution in [2.24, 2.45) is 7.05 Å². The number of hydrogen-bond acceptors (Lipinski definition) is 6. The monoisotopic (exact) mass is 488 g/mol. The Kier molecular flexibility index (Phi) is 6.37. The van der Waals surface area contributed by atoms with Gasteiger partial charge in [-0.15, -0.1) is 0 Å². The summed E-state index contributed by atoms with van der Waals surface area (Å²) < 4.78 is 8.47. The number of nitrogens with one attached hydrogen (secondary N) is 1. The highest BCUT2D eigenvalue weighted by Crippen LogP contribution is 2.44. The van der Waals surface area contributed by atoms with Gasteiger partial charge in [-0.05, 0) is 67.2 Å². The lowest BCUT2D eigenvalue weighted by atomic mass is 9.83. The SMILES string of the molecule is Cc1c(Nc2nccc(-c3cc(C#N)c4c(c3)C(C)(CO[Si](C)(C)C(C)(C)C)CC4)n2)cnn1C. The van der Waals surface area contributed by atoms with E-state index >= 15 is 0 Å². The van der Waals surface area contributed by atoms with Crippen molar-refractivity contribution in [3.05, 3.63) is 53.0 Å². The van der Waals surface area contributed by atoms with Crippen molar-refractivity contribution < 1.29 is 4.43 Å². The molecule has 3 aromatic rings. The zero-order valence-corrected chi connectivity index (χ0v) is 23.2. The summed E-state index contributed by atoms with van der Waals surface area (Å²) in [6, 6.07) is 8.49. The standard InChI is InChI=1S/C27H36N6OSi/c1-18-24(16-30-33(18)6)32-25-29-12-10-23(31-25)19-13-20(15-28)21-9-11-27(5,22(21)14-19)17-34-35(7,8)26(2,3)4/h10,12-14,16H,9,11,17H2,1-8H3,(H,29,31,32). The third-order valence-electron chi connectivity index (χ3n) is 7.94. The van der Waals surface area contributed by atoms with Gasteiger partial charge in [0, 0.05) is 30.8 Å². The first-order valence-electron chi connectivity index (χ1n) is 12.2. The Hall–Kier alpha value is -3.02. The minimum atomic E-state index is -1.89. The molecule has 0 saturated heterocycles. The second-order valence-corrected chi connectivity index (χ2v) is 16.2. The van der Waals surface area contributed by atoms with Crippen LogP contribution in [0.2, 0.25) is 18.1 Å². The van der Waals surface area contributed by atoms with Crippen LogP contribution in [0.5, 0.6) is 0 Å². The van der Waals surface area contributed by atoms with E-state index in [0.29, 0.717) is 12.6 Å². The van der Waals surface area contributed by atoms with Crippen molar-refractivity contribution in [2.75, 3.05) is 11.9 Å². The van der Waals surface area contributed by atoms with Crippen LogP contribution in [-0.2, 0) is 23.3 Å². The smallest absolute Gasteiger partial charge is 0.227 e. The van der Waals surface area contributed by atoms with E-state index in [0.717, 1.165) is 46.6 Å². The van der Waals surface area contributed by atoms with Crippen molar-refractivity contribution in [1.29, 1.82) is 5.26 Å². The average Bonchev–Trinajstić information content (AvgIpc) is 3.31. The molecule has 4 rings (SSSR count). The minimum absolute atomic E-state index is 0.132. The lowest BCUT2D eigenvalue weighted by Gasteiger charge is -2.39. The van der Waals surface area contributed by atoms with Gasteiger partial charge < -0.3 is 9.74 Å². The highest BCUT2D eigenvalue weighted by Gasteiger charge is 2.42. The van der Waals surface area contributed by atoms with Gasteiger partial charge in [0.1, 0.15) is 0 Å². The van der Waals surface area contributed by atoms with E-state index in [4.69, 9.17) is 9.41 Å². The molecule has 2 heterocycles. The summed E-state index contributed by atoms with van der Waals surface area (Å²) in [5.74, 6) is 0.502. The lowest BCUT2D eigenvalue weighted by molar-refractivity contribution is 0.208. The Bertz CT molecular complexity index is 1300. The molecular formula is C27H36N6OSi. The van der Waals surface area contributed by atoms with Crippen LogP contribution in [-0.4, -0.2) is 34.7 Å². The number of benzene rings is 1. The van der Waals surface area contributed by atoms with E-state index in [1.165, 1.54) is 5.56 Å². The number of fused-ring (bicyclic) bond motifs is 1. The highest BCUT2D eigenvalue weighted by molar-refractivity contribution is 6.74. The van der Waals surface area contributed by atoms with Crippen LogP contribution in [0.3, 0.4) is 0 Å². The fraction of sp³-hybridized carbons (Fsp3) is 0.481. The molecule has 1 unspecified atom stereocenters. The first-order chi connectivity index (χ1) is 16.3. The van der Waals surface area contributed by atoms with Crippen LogP contribution >= 0.6 is 0 Å². The number of anilines is 2. The molecule has 0 aliphatic heterocycles. The van der Waals surface area contributed by atoms with Gasteiger partial charge in [-0.25, -0.2) is 9.97 Å². The Morgan fingerprint density at radius 2 is 2.03 bits per heavy atom. The Morgan fingerprint density at radius 3 is 2.66 bits per heavy atom. The molecule has 2 aromatic heterocycles. The first-order valence-corrected chi connectivity index (χ1v) is 15.1. The summed E-state index contributed by atoms with van der Waals surface area (Å²) in [5.41, 5.74) is 6.53. The van der Waals surface area contributed by atoms with Crippen LogP contribution in [0, 0.1) is 18.3 Å². The molecule has 0 fully saturated rings. The fourth-order valence-electron chi connectivity index (χ4n) is 4.29. The van der Waals surface area contributed by atoms with Crippen molar-refractivity contribution in [2.45, 2.75) is 71.0 Å². The highest BCUT2D eigenvalue weighted by atomic mass is 28.4. The lowest BCUT2D eigenvalue weighted by Crippen LogP contribution is -2.44. The minimum Gasteiger partial charge on any atom is -0.416 e. The third-order valence-corrected chi connectivity index (χ3v) is 12.4. The summed E-state index contributed by atoms with van der Waals surface area (Å²) in [4.78, 5) is 9.16. The number of nitrogens with zero attached hydrogens (tertiary/aromatic N) is 5. The fourth-order valence-corrected chi connectivity index (χ4v) is 5.40. The zero-order valence-electron chi connectivity index (χ0n) is 22.2. The van der Waals surface area contributed by atoms with Gasteiger partial charge in [-0.2, -0.15) is 10.4 Å². The molecule has 7 nitrogen and oxygen atoms in total. The van der Waals surface area contributed by atoms with E-state index in [1.807, 2.05) is 26.1 Å². The molecule has 1 aromatic carbocycles. The molecule has 35 heavy (non-hydrogen) atoms. The first kappa shape index (κ1) is 25.1. The summed E-state index contributed by atoms with van der Waals surface area (Å²) in [7, 11) is 0.0119. The molecule has 1 aliphatic rings. The van der Waals surface area contributed by atoms with E-state index in [2.05, 4.69) is 68.3 Å². The Morgan fingerprint density at radius 1 is 1.29 bits per heavy atom. The van der Waals surface area contributed by atoms with E-state index in [1.54, 1.807) is 17.1 Å². The maximum absolute atomic E-state index is 9.96. The predicted octanol–water partition coefficient (Wildman–Crippen LogP) is 6.03. The topological polar surface area (TPSA) is 88.7 Å². The van der Waals surface area contributed by atoms with Crippen LogP contribution < -0.4 is 5.32 Å². The van der Waals surface area contributed by atoms with Crippen LogP contribution in [0.15, 0.2) is 30.6 Å². The Balaban J connectivity index is 1.68. The van der Waals surface area contributed by atoms with Crippen LogP contribution in [0.4, 0.5) is 11.6 Å². The number of aromatic nitrogens is 4. The predicted molar refractivity (Wildman–Crippen MR) is 142 cm³/mol. The van der Waals surface area contributed by atoms with Crippen molar-refractivity contribution in [3.63, 3.8) is 0 Å². The molecule has 184 valence electrons. The summed E-state index contributed by atoms with van der Waals surface area (Å²) >= 11 is 0. The normalized spacial score (nSPS) is 17.8. The maximum atomic E-state index is 9.96. The largest absolute Gasteiger partial charge is 0.416 e. The summed E-state index contributed by atoms with van der Waals surface area (Å²) in [5, 5.41) is 17.7. The molecule has 0 bridgehead atoms. The van der Waals surface area contributed by atoms with Gasteiger partial charge >= 0.3 is 0 Å². The quantitative estimate of drug-likeness (QED) is 0.426. The van der Waals surface area contributed by atoms with Crippen molar-refractivity contribution in [3.8, 4) is 17.3 Å². The molecule has 1 atom stereocenters. The van der Waals surface area contributed by atoms with E-state index < -0.39 is 8.32 Å². The van der Waals surface area contributed by atoms with Gasteiger partial charge in [-0.1, -0.05) is 27.7 Å². The molecule has 1 N–H and O–H groups in total. The number of rotatable bonds is 6. The van der Waals surface area contributed by atoms with Gasteiger partial charge in [0.05, 0.1) is 34.9 Å². The molecule has 0 amide bonds. The third kappa shape index (κ3) is 4.75. The van der Waals surface area contributed by atoms with Gasteiger partial charge in [-0.3, -0.25) is 4.68 Å². The van der Waals surface area contributed by atoms with Crippen LogP contribution in [0.25, 0.3) is 11.3 Å². The van der Waals surface area contributed by atoms with Crippen molar-refractivity contribution in [1.82, 2.24) is 19.7 Å². The molecule has 8 heteroatoms. The van der Waals surface area contributed by atoms with Crippen LogP contribution in [0.1, 0.15) is 56.5 Å². The number of aryl methyl sites for hydroxylation is 1. The van der Waals surface area contributed by atoms with Gasteiger partial charge in [0.25, 0.3) is 0 Å². The second kappa shape index (κ2) is 8.88. The van der Waals surface area contributed by atoms with Gasteiger partial charge in [0.2, 0.25) is 5.95 Å². The summed E-state index contributed by atoms with van der Waals surface area (Å²) in [6.07, 6.45) is 5.39. The van der Waals surface area contributed by atoms with E-state index in [-0.39, 0.29) is 10.5 Å². The number of hydrogen-bond donors (Lipinski definition) is 1. The summed E-state index contributed by atoms with van der Waals surface area (Å²) in [6.45, 7) is 16.3. The molecular weight excluding hydrogens is 452 g/mol. The molecule has 1 aliphatic carbocycles. The zero-order chi connectivity index (χ0) is 25.6. The van der Waals surface area contributed by atoms with Gasteiger partial charge in [0.15, 0.2) is 8.32 Å². The van der Waals surface area contributed by atoms with E-state index in [9.17, 15) is 5.26 Å². The molecule has 0 spiro atoms. The van der Waals surface area contributed by atoms with Crippen molar-refractivity contribution >= 4 is 20.0 Å².